The lowest BCUT2D eigenvalue weighted by Crippen LogP contribution is -2.50. The Balaban J connectivity index is 1.61. The summed E-state index contributed by atoms with van der Waals surface area (Å²) in [5.41, 5.74) is 2.76. The zero-order valence-electron chi connectivity index (χ0n) is 19.2. The van der Waals surface area contributed by atoms with Gasteiger partial charge in [0.2, 0.25) is 5.91 Å². The van der Waals surface area contributed by atoms with Gasteiger partial charge in [-0.3, -0.25) is 9.59 Å². The monoisotopic (exact) mass is 457 g/mol. The fourth-order valence-electron chi connectivity index (χ4n) is 3.70. The molecule has 3 rings (SSSR count). The lowest BCUT2D eigenvalue weighted by atomic mass is 10.0. The van der Waals surface area contributed by atoms with E-state index in [0.717, 1.165) is 5.69 Å². The van der Waals surface area contributed by atoms with Crippen LogP contribution in [0.25, 0.3) is 0 Å². The number of hydrogen-bond donors (Lipinski definition) is 1. The van der Waals surface area contributed by atoms with Gasteiger partial charge in [-0.05, 0) is 41.8 Å². The van der Waals surface area contributed by atoms with Crippen LogP contribution in [0.1, 0.15) is 39.2 Å². The molecule has 1 fully saturated rings. The van der Waals surface area contributed by atoms with E-state index in [9.17, 15) is 9.59 Å². The van der Waals surface area contributed by atoms with Crippen molar-refractivity contribution in [1.82, 2.24) is 4.90 Å². The van der Waals surface area contributed by atoms with E-state index in [1.807, 2.05) is 55.1 Å². The highest BCUT2D eigenvalue weighted by Crippen LogP contribution is 2.30. The number of ether oxygens (including phenoxy) is 1. The summed E-state index contributed by atoms with van der Waals surface area (Å²) in [6, 6.07) is 13.2. The van der Waals surface area contributed by atoms with Crippen molar-refractivity contribution >= 4 is 34.8 Å². The molecule has 7 heteroatoms. The van der Waals surface area contributed by atoms with Crippen molar-refractivity contribution in [3.8, 4) is 5.75 Å². The van der Waals surface area contributed by atoms with Gasteiger partial charge in [-0.25, -0.2) is 0 Å². The van der Waals surface area contributed by atoms with Crippen molar-refractivity contribution in [2.45, 2.75) is 33.6 Å². The summed E-state index contributed by atoms with van der Waals surface area (Å²) in [7, 11) is 0. The van der Waals surface area contributed by atoms with Crippen molar-refractivity contribution in [2.75, 3.05) is 43.0 Å². The minimum atomic E-state index is -0.255. The number of benzene rings is 2. The number of carbonyl (C=O) groups is 2. The fourth-order valence-corrected chi connectivity index (χ4v) is 3.87. The summed E-state index contributed by atoms with van der Waals surface area (Å²) in [6.07, 6.45) is 0. The second kappa shape index (κ2) is 10.7. The van der Waals surface area contributed by atoms with Crippen LogP contribution in [0.5, 0.6) is 5.75 Å². The van der Waals surface area contributed by atoms with Crippen LogP contribution in [-0.2, 0) is 9.59 Å². The lowest BCUT2D eigenvalue weighted by molar-refractivity contribution is -0.134. The predicted molar refractivity (Wildman–Crippen MR) is 130 cm³/mol. The molecule has 0 atom stereocenters. The van der Waals surface area contributed by atoms with Crippen LogP contribution in [0.3, 0.4) is 0 Å². The lowest BCUT2D eigenvalue weighted by Gasteiger charge is -2.37. The van der Waals surface area contributed by atoms with Crippen LogP contribution < -0.4 is 15.0 Å². The highest BCUT2D eigenvalue weighted by atomic mass is 35.5. The number of rotatable bonds is 7. The number of nitrogens with one attached hydrogen (secondary N) is 1. The van der Waals surface area contributed by atoms with E-state index in [0.29, 0.717) is 48.6 Å². The molecule has 1 saturated heterocycles. The molecular weight excluding hydrogens is 426 g/mol. The van der Waals surface area contributed by atoms with Crippen LogP contribution in [0, 0.1) is 5.92 Å². The third-order valence-electron chi connectivity index (χ3n) is 5.58. The largest absolute Gasteiger partial charge is 0.484 e. The first kappa shape index (κ1) is 23.9. The maximum atomic E-state index is 12.6. The molecule has 6 nitrogen and oxygen atoms in total. The first-order valence-electron chi connectivity index (χ1n) is 11.1. The second-order valence-electron chi connectivity index (χ2n) is 8.69. The van der Waals surface area contributed by atoms with Crippen molar-refractivity contribution in [3.63, 3.8) is 0 Å². The van der Waals surface area contributed by atoms with Crippen molar-refractivity contribution in [2.24, 2.45) is 5.92 Å². The van der Waals surface area contributed by atoms with E-state index >= 15 is 0 Å². The van der Waals surface area contributed by atoms with Crippen molar-refractivity contribution in [1.29, 1.82) is 0 Å². The molecule has 1 aliphatic rings. The van der Waals surface area contributed by atoms with Gasteiger partial charge in [-0.15, -0.1) is 0 Å². The molecule has 2 aromatic carbocycles. The number of amides is 2. The number of anilines is 2. The SMILES string of the molecule is CC(C)C(=O)N1CCN(c2ccc(Cl)cc2NC(=O)COc2ccc(C(C)C)cc2)CC1. The quantitative estimate of drug-likeness (QED) is 0.649. The molecule has 0 aromatic heterocycles. The molecular formula is C25H32ClN3O3. The third-order valence-corrected chi connectivity index (χ3v) is 5.81. The van der Waals surface area contributed by atoms with Crippen LogP contribution in [-0.4, -0.2) is 49.5 Å². The Morgan fingerprint density at radius 1 is 1.00 bits per heavy atom. The van der Waals surface area contributed by atoms with Gasteiger partial charge >= 0.3 is 0 Å². The van der Waals surface area contributed by atoms with Gasteiger partial charge in [0, 0.05) is 37.1 Å². The molecule has 32 heavy (non-hydrogen) atoms. The molecule has 0 spiro atoms. The summed E-state index contributed by atoms with van der Waals surface area (Å²) in [6.45, 7) is 10.7. The summed E-state index contributed by atoms with van der Waals surface area (Å²) in [4.78, 5) is 28.9. The molecule has 0 aliphatic carbocycles. The first-order valence-corrected chi connectivity index (χ1v) is 11.5. The van der Waals surface area contributed by atoms with Gasteiger partial charge in [0.25, 0.3) is 5.91 Å². The zero-order chi connectivity index (χ0) is 23.3. The summed E-state index contributed by atoms with van der Waals surface area (Å²) >= 11 is 6.20. The van der Waals surface area contributed by atoms with E-state index in [1.165, 1.54) is 5.56 Å². The number of piperazine rings is 1. The third kappa shape index (κ3) is 6.16. The minimum Gasteiger partial charge on any atom is -0.484 e. The molecule has 1 heterocycles. The van der Waals surface area contributed by atoms with Gasteiger partial charge in [0.05, 0.1) is 11.4 Å². The fraction of sp³-hybridized carbons (Fsp3) is 0.440. The molecule has 0 bridgehead atoms. The van der Waals surface area contributed by atoms with E-state index in [1.54, 1.807) is 6.07 Å². The minimum absolute atomic E-state index is 0.00601. The Bertz CT molecular complexity index is 936. The average molecular weight is 458 g/mol. The topological polar surface area (TPSA) is 61.9 Å². The van der Waals surface area contributed by atoms with Gasteiger partial charge in [0.15, 0.2) is 6.61 Å². The molecule has 0 saturated carbocycles. The maximum absolute atomic E-state index is 12.6. The van der Waals surface area contributed by atoms with Crippen molar-refractivity contribution in [3.05, 3.63) is 53.1 Å². The number of nitrogens with zero attached hydrogens (tertiary/aromatic N) is 2. The first-order chi connectivity index (χ1) is 15.2. The Kier molecular flexibility index (Phi) is 8.02. The Morgan fingerprint density at radius 3 is 2.25 bits per heavy atom. The predicted octanol–water partition coefficient (Wildman–Crippen LogP) is 4.79. The summed E-state index contributed by atoms with van der Waals surface area (Å²) in [5, 5.41) is 3.47. The van der Waals surface area contributed by atoms with E-state index in [4.69, 9.17) is 16.3 Å². The normalized spacial score (nSPS) is 14.1. The molecule has 1 N–H and O–H groups in total. The van der Waals surface area contributed by atoms with E-state index < -0.39 is 0 Å². The van der Waals surface area contributed by atoms with Gasteiger partial charge < -0.3 is 19.9 Å². The van der Waals surface area contributed by atoms with Gasteiger partial charge in [-0.1, -0.05) is 51.4 Å². The Labute approximate surface area is 195 Å². The number of halogens is 1. The van der Waals surface area contributed by atoms with Gasteiger partial charge in [0.1, 0.15) is 5.75 Å². The molecule has 2 amide bonds. The summed E-state index contributed by atoms with van der Waals surface area (Å²) < 4.78 is 5.65. The zero-order valence-corrected chi connectivity index (χ0v) is 20.0. The van der Waals surface area contributed by atoms with Crippen molar-refractivity contribution < 1.29 is 14.3 Å². The number of hydrogen-bond acceptors (Lipinski definition) is 4. The van der Waals surface area contributed by atoms with Crippen LogP contribution in [0.15, 0.2) is 42.5 Å². The molecule has 1 aliphatic heterocycles. The Hall–Kier alpha value is -2.73. The average Bonchev–Trinajstić information content (AvgIpc) is 2.77. The Morgan fingerprint density at radius 2 is 1.66 bits per heavy atom. The second-order valence-corrected chi connectivity index (χ2v) is 9.13. The van der Waals surface area contributed by atoms with Gasteiger partial charge in [-0.2, -0.15) is 0 Å². The highest BCUT2D eigenvalue weighted by molar-refractivity contribution is 6.31. The standard InChI is InChI=1S/C25H32ClN3O3/c1-17(2)19-5-8-21(9-6-19)32-16-24(30)27-22-15-20(26)7-10-23(22)28-11-13-29(14-12-28)25(31)18(3)4/h5-10,15,17-18H,11-14,16H2,1-4H3,(H,27,30). The van der Waals surface area contributed by atoms with Crippen LogP contribution in [0.4, 0.5) is 11.4 Å². The smallest absolute Gasteiger partial charge is 0.262 e. The van der Waals surface area contributed by atoms with Crippen LogP contribution in [0.2, 0.25) is 5.02 Å². The van der Waals surface area contributed by atoms with E-state index in [-0.39, 0.29) is 24.3 Å². The highest BCUT2D eigenvalue weighted by Gasteiger charge is 2.24. The number of carbonyl (C=O) groups excluding carboxylic acids is 2. The van der Waals surface area contributed by atoms with E-state index in [2.05, 4.69) is 24.1 Å². The van der Waals surface area contributed by atoms with Crippen LogP contribution >= 0.6 is 11.6 Å². The molecule has 2 aromatic rings. The molecule has 172 valence electrons. The molecule has 0 radical (unpaired) electrons. The molecule has 0 unspecified atom stereocenters. The summed E-state index contributed by atoms with van der Waals surface area (Å²) in [5.74, 6) is 1.01. The maximum Gasteiger partial charge on any atom is 0.262 e.